The van der Waals surface area contributed by atoms with Crippen LogP contribution >= 0.6 is 0 Å². The van der Waals surface area contributed by atoms with Crippen LogP contribution in [0.15, 0.2) is 113 Å². The number of anilines is 1. The highest BCUT2D eigenvalue weighted by Crippen LogP contribution is 2.29. The third-order valence-electron chi connectivity index (χ3n) is 5.34. The number of benzene rings is 3. The van der Waals surface area contributed by atoms with Gasteiger partial charge in [-0.15, -0.1) is 0 Å². The van der Waals surface area contributed by atoms with Crippen LogP contribution in [0, 0.1) is 0 Å². The zero-order valence-electron chi connectivity index (χ0n) is 18.4. The first-order chi connectivity index (χ1) is 16.5. The van der Waals surface area contributed by atoms with Gasteiger partial charge in [-0.25, -0.2) is 5.43 Å². The van der Waals surface area contributed by atoms with Gasteiger partial charge in [-0.1, -0.05) is 72.8 Å². The van der Waals surface area contributed by atoms with Gasteiger partial charge < -0.3 is 14.8 Å². The van der Waals surface area contributed by atoms with E-state index in [1.807, 2.05) is 12.1 Å². The van der Waals surface area contributed by atoms with Crippen molar-refractivity contribution in [1.29, 1.82) is 0 Å². The second-order valence-corrected chi connectivity index (χ2v) is 7.59. The predicted octanol–water partition coefficient (Wildman–Crippen LogP) is 4.31. The molecule has 2 amide bonds. The highest BCUT2D eigenvalue weighted by molar-refractivity contribution is 6.03. The first-order valence-electron chi connectivity index (χ1n) is 10.6. The molecule has 0 saturated carbocycles. The van der Waals surface area contributed by atoms with Gasteiger partial charge in [0.25, 0.3) is 11.8 Å². The maximum Gasteiger partial charge on any atom is 0.291 e. The second-order valence-electron chi connectivity index (χ2n) is 7.59. The molecule has 0 spiro atoms. The number of hydrogen-bond donors (Lipinski definition) is 3. The van der Waals surface area contributed by atoms with Gasteiger partial charge in [0.2, 0.25) is 0 Å². The molecule has 0 aliphatic heterocycles. The SMILES string of the molecule is CC(=NNC(=O)C(O)(c1ccccc1)c1ccccc1)c1ccc(NC(=O)c2ccco2)cc1. The standard InChI is InChI=1S/C27H23N3O4/c1-19(20-14-16-23(17-15-20)28-25(31)24-13-8-18-34-24)29-30-26(32)27(33,21-9-4-2-5-10-21)22-11-6-3-7-12-22/h2-18,33H,1H3,(H,28,31)(H,30,32). The molecule has 0 fully saturated rings. The van der Waals surface area contributed by atoms with Gasteiger partial charge in [-0.2, -0.15) is 5.10 Å². The van der Waals surface area contributed by atoms with E-state index in [0.29, 0.717) is 22.5 Å². The summed E-state index contributed by atoms with van der Waals surface area (Å²) < 4.78 is 5.08. The van der Waals surface area contributed by atoms with Crippen LogP contribution in [0.1, 0.15) is 34.2 Å². The lowest BCUT2D eigenvalue weighted by atomic mass is 9.85. The topological polar surface area (TPSA) is 104 Å². The Kier molecular flexibility index (Phi) is 6.66. The Bertz CT molecular complexity index is 1240. The molecule has 34 heavy (non-hydrogen) atoms. The molecular formula is C27H23N3O4. The van der Waals surface area contributed by atoms with Crippen LogP contribution in [0.25, 0.3) is 0 Å². The van der Waals surface area contributed by atoms with Gasteiger partial charge >= 0.3 is 0 Å². The van der Waals surface area contributed by atoms with Crippen LogP contribution in [0.3, 0.4) is 0 Å². The molecule has 0 saturated heterocycles. The Balaban J connectivity index is 1.50. The lowest BCUT2D eigenvalue weighted by Gasteiger charge is -2.27. The lowest BCUT2D eigenvalue weighted by Crippen LogP contribution is -2.43. The van der Waals surface area contributed by atoms with Gasteiger partial charge in [0.1, 0.15) is 0 Å². The van der Waals surface area contributed by atoms with Crippen LogP contribution in [0.5, 0.6) is 0 Å². The normalized spacial score (nSPS) is 11.6. The summed E-state index contributed by atoms with van der Waals surface area (Å²) in [6.07, 6.45) is 1.43. The van der Waals surface area contributed by atoms with Crippen molar-refractivity contribution in [3.05, 3.63) is 126 Å². The largest absolute Gasteiger partial charge is 0.459 e. The van der Waals surface area contributed by atoms with Gasteiger partial charge in [0.15, 0.2) is 11.4 Å². The maximum atomic E-state index is 13.2. The summed E-state index contributed by atoms with van der Waals surface area (Å²) >= 11 is 0. The summed E-state index contributed by atoms with van der Waals surface area (Å²) in [6.45, 7) is 1.74. The number of hydrazone groups is 1. The van der Waals surface area contributed by atoms with Crippen LogP contribution < -0.4 is 10.7 Å². The fraction of sp³-hybridized carbons (Fsp3) is 0.0741. The van der Waals surface area contributed by atoms with E-state index >= 15 is 0 Å². The Hall–Kier alpha value is -4.49. The second kappa shape index (κ2) is 9.97. The number of aliphatic hydroxyl groups is 1. The van der Waals surface area contributed by atoms with Crippen molar-refractivity contribution < 1.29 is 19.1 Å². The third kappa shape index (κ3) is 4.79. The minimum atomic E-state index is -1.91. The summed E-state index contributed by atoms with van der Waals surface area (Å²) in [7, 11) is 0. The fourth-order valence-corrected chi connectivity index (χ4v) is 3.46. The average molecular weight is 453 g/mol. The molecule has 4 rings (SSSR count). The molecule has 7 nitrogen and oxygen atoms in total. The lowest BCUT2D eigenvalue weighted by molar-refractivity contribution is -0.136. The number of hydrogen-bond acceptors (Lipinski definition) is 5. The summed E-state index contributed by atoms with van der Waals surface area (Å²) in [5.74, 6) is -0.808. The molecule has 3 aromatic carbocycles. The molecule has 170 valence electrons. The van der Waals surface area contributed by atoms with E-state index in [4.69, 9.17) is 4.42 Å². The van der Waals surface area contributed by atoms with E-state index in [9.17, 15) is 14.7 Å². The number of nitrogens with zero attached hydrogens (tertiary/aromatic N) is 1. The van der Waals surface area contributed by atoms with Crippen molar-refractivity contribution in [2.75, 3.05) is 5.32 Å². The minimum absolute atomic E-state index is 0.217. The summed E-state index contributed by atoms with van der Waals surface area (Å²) in [4.78, 5) is 25.3. The van der Waals surface area contributed by atoms with E-state index < -0.39 is 11.5 Å². The molecule has 0 bridgehead atoms. The molecule has 4 aromatic rings. The van der Waals surface area contributed by atoms with Crippen molar-refractivity contribution >= 4 is 23.2 Å². The first kappa shape index (κ1) is 22.7. The van der Waals surface area contributed by atoms with E-state index in [0.717, 1.165) is 5.56 Å². The smallest absolute Gasteiger partial charge is 0.291 e. The average Bonchev–Trinajstić information content (AvgIpc) is 3.43. The van der Waals surface area contributed by atoms with Crippen LogP contribution in [-0.4, -0.2) is 22.6 Å². The Morgan fingerprint density at radius 3 is 1.94 bits per heavy atom. The molecule has 1 aromatic heterocycles. The van der Waals surface area contributed by atoms with Gasteiger partial charge in [0, 0.05) is 5.69 Å². The molecule has 0 aliphatic carbocycles. The van der Waals surface area contributed by atoms with Crippen molar-refractivity contribution in [2.45, 2.75) is 12.5 Å². The molecule has 7 heteroatoms. The monoisotopic (exact) mass is 453 g/mol. The zero-order chi connectivity index (χ0) is 24.0. The Morgan fingerprint density at radius 2 is 1.41 bits per heavy atom. The van der Waals surface area contributed by atoms with E-state index in [2.05, 4.69) is 15.8 Å². The van der Waals surface area contributed by atoms with E-state index in [-0.39, 0.29) is 11.7 Å². The van der Waals surface area contributed by atoms with Crippen LogP contribution in [0.4, 0.5) is 5.69 Å². The molecule has 3 N–H and O–H groups in total. The number of furan rings is 1. The number of carbonyl (C=O) groups excluding carboxylic acids is 2. The van der Waals surface area contributed by atoms with Crippen molar-refractivity contribution in [3.63, 3.8) is 0 Å². The summed E-state index contributed by atoms with van der Waals surface area (Å²) in [5.41, 5.74) is 3.31. The van der Waals surface area contributed by atoms with E-state index in [1.165, 1.54) is 6.26 Å². The highest BCUT2D eigenvalue weighted by atomic mass is 16.3. The van der Waals surface area contributed by atoms with Crippen LogP contribution in [-0.2, 0) is 10.4 Å². The molecule has 0 radical (unpaired) electrons. The van der Waals surface area contributed by atoms with Gasteiger partial charge in [-0.05, 0) is 47.9 Å². The molecular weight excluding hydrogens is 430 g/mol. The highest BCUT2D eigenvalue weighted by Gasteiger charge is 2.39. The molecule has 1 heterocycles. The molecule has 0 aliphatic rings. The number of amides is 2. The van der Waals surface area contributed by atoms with Gasteiger partial charge in [0.05, 0.1) is 12.0 Å². The molecule has 0 unspecified atom stereocenters. The molecule has 0 atom stereocenters. The number of carbonyl (C=O) groups is 2. The minimum Gasteiger partial charge on any atom is -0.459 e. The third-order valence-corrected chi connectivity index (χ3v) is 5.34. The van der Waals surface area contributed by atoms with Crippen molar-refractivity contribution in [2.24, 2.45) is 5.10 Å². The predicted molar refractivity (Wildman–Crippen MR) is 129 cm³/mol. The van der Waals surface area contributed by atoms with E-state index in [1.54, 1.807) is 91.9 Å². The maximum absolute atomic E-state index is 13.2. The Morgan fingerprint density at radius 1 is 0.824 bits per heavy atom. The number of nitrogens with one attached hydrogen (secondary N) is 2. The van der Waals surface area contributed by atoms with Crippen LogP contribution in [0.2, 0.25) is 0 Å². The zero-order valence-corrected chi connectivity index (χ0v) is 18.4. The first-order valence-corrected chi connectivity index (χ1v) is 10.6. The quantitative estimate of drug-likeness (QED) is 0.287. The van der Waals surface area contributed by atoms with Crippen molar-refractivity contribution in [3.8, 4) is 0 Å². The number of rotatable bonds is 7. The fourth-order valence-electron chi connectivity index (χ4n) is 3.46. The summed E-state index contributed by atoms with van der Waals surface area (Å²) in [5, 5.41) is 18.4. The van der Waals surface area contributed by atoms with Crippen molar-refractivity contribution in [1.82, 2.24) is 5.43 Å². The van der Waals surface area contributed by atoms with Gasteiger partial charge in [-0.3, -0.25) is 9.59 Å². The Labute approximate surface area is 196 Å². The summed E-state index contributed by atoms with van der Waals surface area (Å²) in [6, 6.07) is 27.7.